The number of nitrogens with zero attached hydrogens (tertiary/aromatic N) is 1. The molecule has 6 heteroatoms. The van der Waals surface area contributed by atoms with Crippen LogP contribution in [0.5, 0.6) is 0 Å². The Labute approximate surface area is 145 Å². The maximum absolute atomic E-state index is 12.3. The van der Waals surface area contributed by atoms with Gasteiger partial charge >= 0.3 is 6.03 Å². The SMILES string of the molecule is CC(C)CS(=O)(=O)C1CCN(C(=O)NCCc2ccccc2)CC1. The Morgan fingerprint density at radius 2 is 1.83 bits per heavy atom. The summed E-state index contributed by atoms with van der Waals surface area (Å²) in [6, 6.07) is 9.93. The molecule has 5 nitrogen and oxygen atoms in total. The number of benzene rings is 1. The number of urea groups is 1. The van der Waals surface area contributed by atoms with Gasteiger partial charge in [-0.3, -0.25) is 0 Å². The highest BCUT2D eigenvalue weighted by Crippen LogP contribution is 2.20. The molecule has 0 aromatic heterocycles. The quantitative estimate of drug-likeness (QED) is 0.855. The largest absolute Gasteiger partial charge is 0.338 e. The van der Waals surface area contributed by atoms with Crippen LogP contribution in [-0.2, 0) is 16.3 Å². The lowest BCUT2D eigenvalue weighted by molar-refractivity contribution is 0.187. The van der Waals surface area contributed by atoms with Crippen molar-refractivity contribution < 1.29 is 13.2 Å². The number of amides is 2. The van der Waals surface area contributed by atoms with Gasteiger partial charge in [-0.1, -0.05) is 44.2 Å². The summed E-state index contributed by atoms with van der Waals surface area (Å²) in [4.78, 5) is 13.9. The predicted molar refractivity (Wildman–Crippen MR) is 96.8 cm³/mol. The van der Waals surface area contributed by atoms with Gasteiger partial charge in [0.15, 0.2) is 9.84 Å². The van der Waals surface area contributed by atoms with Crippen molar-refractivity contribution in [3.05, 3.63) is 35.9 Å². The normalized spacial score (nSPS) is 16.4. The van der Waals surface area contributed by atoms with E-state index < -0.39 is 9.84 Å². The van der Waals surface area contributed by atoms with Crippen molar-refractivity contribution in [2.24, 2.45) is 5.92 Å². The van der Waals surface area contributed by atoms with Gasteiger partial charge < -0.3 is 10.2 Å². The minimum atomic E-state index is -3.04. The third-order valence-corrected chi connectivity index (χ3v) is 6.95. The summed E-state index contributed by atoms with van der Waals surface area (Å²) < 4.78 is 24.6. The van der Waals surface area contributed by atoms with Crippen molar-refractivity contribution in [3.63, 3.8) is 0 Å². The second-order valence-corrected chi connectivity index (χ2v) is 9.20. The lowest BCUT2D eigenvalue weighted by Crippen LogP contribution is -2.47. The van der Waals surface area contributed by atoms with Crippen LogP contribution in [0.15, 0.2) is 30.3 Å². The molecule has 0 aliphatic carbocycles. The molecule has 0 radical (unpaired) electrons. The molecule has 1 aromatic carbocycles. The van der Waals surface area contributed by atoms with E-state index in [2.05, 4.69) is 5.32 Å². The Kier molecular flexibility index (Phi) is 6.66. The zero-order valence-corrected chi connectivity index (χ0v) is 15.4. The van der Waals surface area contributed by atoms with Crippen molar-refractivity contribution in [1.29, 1.82) is 0 Å². The second kappa shape index (κ2) is 8.51. The summed E-state index contributed by atoms with van der Waals surface area (Å²) in [6.45, 7) is 5.46. The number of sulfone groups is 1. The monoisotopic (exact) mass is 352 g/mol. The molecule has 1 aliphatic rings. The Balaban J connectivity index is 1.74. The first kappa shape index (κ1) is 18.8. The average molecular weight is 353 g/mol. The average Bonchev–Trinajstić information content (AvgIpc) is 2.55. The third-order valence-electron chi connectivity index (χ3n) is 4.34. The minimum Gasteiger partial charge on any atom is -0.338 e. The molecule has 0 unspecified atom stereocenters. The molecule has 134 valence electrons. The molecule has 2 amide bonds. The van der Waals surface area contributed by atoms with Crippen molar-refractivity contribution in [2.75, 3.05) is 25.4 Å². The van der Waals surface area contributed by atoms with E-state index in [-0.39, 0.29) is 23.0 Å². The predicted octanol–water partition coefficient (Wildman–Crippen LogP) is 2.47. The molecular formula is C18H28N2O3S. The van der Waals surface area contributed by atoms with E-state index in [9.17, 15) is 13.2 Å². The molecule has 24 heavy (non-hydrogen) atoms. The van der Waals surface area contributed by atoms with E-state index >= 15 is 0 Å². The first-order chi connectivity index (χ1) is 11.4. The van der Waals surface area contributed by atoms with Gasteiger partial charge in [-0.05, 0) is 30.7 Å². The summed E-state index contributed by atoms with van der Waals surface area (Å²) in [5.74, 6) is 0.385. The van der Waals surface area contributed by atoms with Gasteiger partial charge in [-0.15, -0.1) is 0 Å². The molecule has 0 saturated carbocycles. The number of hydrogen-bond donors (Lipinski definition) is 1. The zero-order chi connectivity index (χ0) is 17.6. The molecule has 1 N–H and O–H groups in total. The topological polar surface area (TPSA) is 66.5 Å². The van der Waals surface area contributed by atoms with Crippen LogP contribution in [0.25, 0.3) is 0 Å². The Morgan fingerprint density at radius 1 is 1.21 bits per heavy atom. The molecule has 0 atom stereocenters. The number of carbonyl (C=O) groups excluding carboxylic acids is 1. The highest BCUT2D eigenvalue weighted by Gasteiger charge is 2.31. The lowest BCUT2D eigenvalue weighted by Gasteiger charge is -2.32. The van der Waals surface area contributed by atoms with Crippen LogP contribution in [0.1, 0.15) is 32.3 Å². The third kappa shape index (κ3) is 5.51. The number of likely N-dealkylation sites (tertiary alicyclic amines) is 1. The maximum atomic E-state index is 12.3. The lowest BCUT2D eigenvalue weighted by atomic mass is 10.1. The number of rotatable bonds is 6. The van der Waals surface area contributed by atoms with Gasteiger partial charge in [0, 0.05) is 19.6 Å². The Morgan fingerprint density at radius 3 is 2.42 bits per heavy atom. The number of hydrogen-bond acceptors (Lipinski definition) is 3. The van der Waals surface area contributed by atoms with Gasteiger partial charge in [-0.25, -0.2) is 13.2 Å². The molecule has 0 spiro atoms. The zero-order valence-electron chi connectivity index (χ0n) is 14.6. The van der Waals surface area contributed by atoms with E-state index in [0.717, 1.165) is 6.42 Å². The Bertz CT molecular complexity index is 621. The van der Waals surface area contributed by atoms with E-state index in [1.807, 2.05) is 44.2 Å². The fourth-order valence-corrected chi connectivity index (χ4v) is 5.22. The number of nitrogens with one attached hydrogen (secondary N) is 1. The second-order valence-electron chi connectivity index (χ2n) is 6.88. The highest BCUT2D eigenvalue weighted by molar-refractivity contribution is 7.92. The van der Waals surface area contributed by atoms with Crippen LogP contribution in [0.3, 0.4) is 0 Å². The summed E-state index contributed by atoms with van der Waals surface area (Å²) in [6.07, 6.45) is 1.88. The molecule has 1 fully saturated rings. The van der Waals surface area contributed by atoms with Gasteiger partial charge in [0.25, 0.3) is 0 Å². The van der Waals surface area contributed by atoms with Crippen LogP contribution in [-0.4, -0.2) is 50.0 Å². The fourth-order valence-electron chi connectivity index (χ4n) is 3.09. The summed E-state index contributed by atoms with van der Waals surface area (Å²) in [5.41, 5.74) is 1.19. The van der Waals surface area contributed by atoms with Crippen molar-refractivity contribution in [2.45, 2.75) is 38.4 Å². The summed E-state index contributed by atoms with van der Waals surface area (Å²) >= 11 is 0. The fraction of sp³-hybridized carbons (Fsp3) is 0.611. The molecule has 1 aliphatic heterocycles. The van der Waals surface area contributed by atoms with Crippen LogP contribution >= 0.6 is 0 Å². The molecule has 1 aromatic rings. The summed E-state index contributed by atoms with van der Waals surface area (Å²) in [5, 5.41) is 2.63. The van der Waals surface area contributed by atoms with E-state index in [4.69, 9.17) is 0 Å². The molecule has 1 saturated heterocycles. The van der Waals surface area contributed by atoms with E-state index in [0.29, 0.717) is 32.5 Å². The van der Waals surface area contributed by atoms with Gasteiger partial charge in [0.1, 0.15) is 0 Å². The van der Waals surface area contributed by atoms with Crippen LogP contribution in [0.2, 0.25) is 0 Å². The van der Waals surface area contributed by atoms with Crippen LogP contribution in [0.4, 0.5) is 4.79 Å². The highest BCUT2D eigenvalue weighted by atomic mass is 32.2. The van der Waals surface area contributed by atoms with Gasteiger partial charge in [0.2, 0.25) is 0 Å². The van der Waals surface area contributed by atoms with Crippen LogP contribution in [0, 0.1) is 5.92 Å². The minimum absolute atomic E-state index is 0.0920. The van der Waals surface area contributed by atoms with Gasteiger partial charge in [-0.2, -0.15) is 0 Å². The van der Waals surface area contributed by atoms with E-state index in [1.165, 1.54) is 5.56 Å². The van der Waals surface area contributed by atoms with Crippen molar-refractivity contribution in [3.8, 4) is 0 Å². The number of carbonyl (C=O) groups is 1. The molecule has 1 heterocycles. The van der Waals surface area contributed by atoms with E-state index in [1.54, 1.807) is 4.90 Å². The van der Waals surface area contributed by atoms with Crippen molar-refractivity contribution >= 4 is 15.9 Å². The summed E-state index contributed by atoms with van der Waals surface area (Å²) in [7, 11) is -3.04. The standard InChI is InChI=1S/C18H28N2O3S/c1-15(2)14-24(22,23)17-9-12-20(13-10-17)18(21)19-11-8-16-6-4-3-5-7-16/h3-7,15,17H,8-14H2,1-2H3,(H,19,21). The smallest absolute Gasteiger partial charge is 0.317 e. The molecular weight excluding hydrogens is 324 g/mol. The first-order valence-electron chi connectivity index (χ1n) is 8.67. The van der Waals surface area contributed by atoms with Crippen LogP contribution < -0.4 is 5.32 Å². The van der Waals surface area contributed by atoms with Gasteiger partial charge in [0.05, 0.1) is 11.0 Å². The Hall–Kier alpha value is -1.56. The molecule has 0 bridgehead atoms. The van der Waals surface area contributed by atoms with Crippen molar-refractivity contribution in [1.82, 2.24) is 10.2 Å². The first-order valence-corrected chi connectivity index (χ1v) is 10.4. The number of piperidine rings is 1. The maximum Gasteiger partial charge on any atom is 0.317 e. The molecule has 2 rings (SSSR count).